The lowest BCUT2D eigenvalue weighted by Crippen LogP contribution is -2.00. The minimum absolute atomic E-state index is 0.0905. The molecule has 0 aliphatic rings. The van der Waals surface area contributed by atoms with Gasteiger partial charge in [-0.2, -0.15) is 5.26 Å². The van der Waals surface area contributed by atoms with Gasteiger partial charge in [0.05, 0.1) is 22.9 Å². The van der Waals surface area contributed by atoms with Crippen LogP contribution in [0.3, 0.4) is 0 Å². The summed E-state index contributed by atoms with van der Waals surface area (Å²) in [7, 11) is 0. The van der Waals surface area contributed by atoms with Crippen molar-refractivity contribution in [3.05, 3.63) is 64.2 Å². The lowest BCUT2D eigenvalue weighted by molar-refractivity contribution is 0.0691. The average Bonchev–Trinajstić information content (AvgIpc) is 3.15. The van der Waals surface area contributed by atoms with Gasteiger partial charge in [-0.25, -0.2) is 9.78 Å². The Hall–Kier alpha value is -3.24. The van der Waals surface area contributed by atoms with Crippen LogP contribution in [0.25, 0.3) is 11.3 Å². The number of hydrogen-bond acceptors (Lipinski definition) is 6. The molecular weight excluding hydrogens is 350 g/mol. The summed E-state index contributed by atoms with van der Waals surface area (Å²) in [4.78, 5) is 19.1. The van der Waals surface area contributed by atoms with Gasteiger partial charge in [0.25, 0.3) is 0 Å². The first-order valence-electron chi connectivity index (χ1n) is 7.93. The molecule has 1 aromatic carbocycles. The van der Waals surface area contributed by atoms with Crippen LogP contribution in [0.1, 0.15) is 27.5 Å². The number of ether oxygens (including phenoxy) is 1. The number of carboxylic acid groups (broad SMARTS) is 1. The number of nitrogens with zero attached hydrogens (tertiary/aromatic N) is 3. The van der Waals surface area contributed by atoms with Crippen LogP contribution in [0.15, 0.2) is 48.0 Å². The Bertz CT molecular complexity index is 945. The SMILES string of the molecule is N#Cc1cccnc1-c1ccc(OCCCc2nc(C(=O)O)cs2)cc1. The number of thiazole rings is 1. The normalized spacial score (nSPS) is 10.3. The van der Waals surface area contributed by atoms with E-state index in [9.17, 15) is 4.79 Å². The zero-order valence-electron chi connectivity index (χ0n) is 13.8. The fourth-order valence-corrected chi connectivity index (χ4v) is 3.19. The lowest BCUT2D eigenvalue weighted by atomic mass is 10.1. The van der Waals surface area contributed by atoms with Crippen LogP contribution in [0.5, 0.6) is 5.75 Å². The molecule has 0 aliphatic heterocycles. The van der Waals surface area contributed by atoms with E-state index < -0.39 is 5.97 Å². The van der Waals surface area contributed by atoms with Gasteiger partial charge < -0.3 is 9.84 Å². The van der Waals surface area contributed by atoms with Gasteiger partial charge in [0.2, 0.25) is 0 Å². The molecule has 130 valence electrons. The molecule has 0 aliphatic carbocycles. The summed E-state index contributed by atoms with van der Waals surface area (Å²) in [6.07, 6.45) is 3.08. The van der Waals surface area contributed by atoms with Crippen molar-refractivity contribution < 1.29 is 14.6 Å². The summed E-state index contributed by atoms with van der Waals surface area (Å²) in [6.45, 7) is 0.508. The highest BCUT2D eigenvalue weighted by molar-refractivity contribution is 7.09. The molecule has 7 heteroatoms. The average molecular weight is 365 g/mol. The van der Waals surface area contributed by atoms with E-state index in [0.29, 0.717) is 24.3 Å². The van der Waals surface area contributed by atoms with Crippen molar-refractivity contribution >= 4 is 17.3 Å². The van der Waals surface area contributed by atoms with E-state index in [1.165, 1.54) is 11.3 Å². The van der Waals surface area contributed by atoms with Gasteiger partial charge in [0.15, 0.2) is 5.69 Å². The van der Waals surface area contributed by atoms with Gasteiger partial charge in [-0.3, -0.25) is 4.98 Å². The zero-order chi connectivity index (χ0) is 18.4. The molecule has 0 saturated carbocycles. The number of rotatable bonds is 7. The van der Waals surface area contributed by atoms with Crippen LogP contribution < -0.4 is 4.74 Å². The zero-order valence-corrected chi connectivity index (χ0v) is 14.6. The smallest absolute Gasteiger partial charge is 0.355 e. The Labute approximate surface area is 154 Å². The van der Waals surface area contributed by atoms with Crippen molar-refractivity contribution in [2.75, 3.05) is 6.61 Å². The van der Waals surface area contributed by atoms with Gasteiger partial charge in [-0.1, -0.05) is 0 Å². The van der Waals surface area contributed by atoms with Crippen molar-refractivity contribution in [2.24, 2.45) is 0 Å². The first-order valence-corrected chi connectivity index (χ1v) is 8.81. The van der Waals surface area contributed by atoms with Crippen LogP contribution in [0.4, 0.5) is 0 Å². The second kappa shape index (κ2) is 8.23. The van der Waals surface area contributed by atoms with Gasteiger partial charge in [-0.15, -0.1) is 11.3 Å². The minimum atomic E-state index is -1.00. The molecule has 1 N–H and O–H groups in total. The Kier molecular flexibility index (Phi) is 5.56. The first kappa shape index (κ1) is 17.6. The van der Waals surface area contributed by atoms with E-state index in [-0.39, 0.29) is 5.69 Å². The van der Waals surface area contributed by atoms with E-state index in [0.717, 1.165) is 22.7 Å². The minimum Gasteiger partial charge on any atom is -0.494 e. The summed E-state index contributed by atoms with van der Waals surface area (Å²) in [5.41, 5.74) is 2.14. The molecule has 0 atom stereocenters. The standard InChI is InChI=1S/C19H15N3O3S/c20-11-14-3-1-9-21-18(14)13-5-7-15(8-6-13)25-10-2-4-17-22-16(12-26-17)19(23)24/h1,3,5-9,12H,2,4,10H2,(H,23,24). The quantitative estimate of drug-likeness (QED) is 0.640. The Morgan fingerprint density at radius 3 is 2.77 bits per heavy atom. The predicted molar refractivity (Wildman–Crippen MR) is 97.3 cm³/mol. The molecule has 0 spiro atoms. The van der Waals surface area contributed by atoms with E-state index in [1.54, 1.807) is 23.7 Å². The van der Waals surface area contributed by atoms with Crippen molar-refractivity contribution in [2.45, 2.75) is 12.8 Å². The molecule has 6 nitrogen and oxygen atoms in total. The van der Waals surface area contributed by atoms with E-state index in [1.807, 2.05) is 24.3 Å². The predicted octanol–water partition coefficient (Wildman–Crippen LogP) is 3.79. The second-order valence-electron chi connectivity index (χ2n) is 5.42. The van der Waals surface area contributed by atoms with Crippen LogP contribution in [-0.4, -0.2) is 27.7 Å². The molecule has 0 saturated heterocycles. The monoisotopic (exact) mass is 365 g/mol. The molecule has 2 heterocycles. The maximum absolute atomic E-state index is 10.8. The molecule has 26 heavy (non-hydrogen) atoms. The molecular formula is C19H15N3O3S. The summed E-state index contributed by atoms with van der Waals surface area (Å²) in [5.74, 6) is -0.273. The lowest BCUT2D eigenvalue weighted by Gasteiger charge is -2.07. The first-order chi connectivity index (χ1) is 12.7. The second-order valence-corrected chi connectivity index (χ2v) is 6.36. The third-order valence-corrected chi connectivity index (χ3v) is 4.54. The highest BCUT2D eigenvalue weighted by atomic mass is 32.1. The molecule has 0 fully saturated rings. The van der Waals surface area contributed by atoms with Crippen LogP contribution in [0.2, 0.25) is 0 Å². The molecule has 0 radical (unpaired) electrons. The van der Waals surface area contributed by atoms with Crippen LogP contribution in [0, 0.1) is 11.3 Å². The summed E-state index contributed by atoms with van der Waals surface area (Å²) < 4.78 is 5.70. The Morgan fingerprint density at radius 2 is 2.08 bits per heavy atom. The van der Waals surface area contributed by atoms with Crippen molar-refractivity contribution in [1.82, 2.24) is 9.97 Å². The van der Waals surface area contributed by atoms with Crippen molar-refractivity contribution in [3.63, 3.8) is 0 Å². The number of nitriles is 1. The van der Waals surface area contributed by atoms with Crippen LogP contribution >= 0.6 is 11.3 Å². The van der Waals surface area contributed by atoms with E-state index >= 15 is 0 Å². The number of aryl methyl sites for hydroxylation is 1. The third kappa shape index (κ3) is 4.23. The number of hydrogen-bond donors (Lipinski definition) is 1. The molecule has 0 amide bonds. The maximum Gasteiger partial charge on any atom is 0.355 e. The van der Waals surface area contributed by atoms with Gasteiger partial charge in [0, 0.05) is 23.6 Å². The number of pyridine rings is 1. The number of carboxylic acids is 1. The fourth-order valence-electron chi connectivity index (χ4n) is 2.37. The number of aromatic nitrogens is 2. The topological polar surface area (TPSA) is 96.1 Å². The van der Waals surface area contributed by atoms with Gasteiger partial charge >= 0.3 is 5.97 Å². The molecule has 0 bridgehead atoms. The largest absolute Gasteiger partial charge is 0.494 e. The number of carbonyl (C=O) groups is 1. The molecule has 2 aromatic heterocycles. The maximum atomic E-state index is 10.8. The summed E-state index contributed by atoms with van der Waals surface area (Å²) >= 11 is 1.35. The number of benzene rings is 1. The van der Waals surface area contributed by atoms with Gasteiger partial charge in [0.1, 0.15) is 11.8 Å². The van der Waals surface area contributed by atoms with Crippen LogP contribution in [-0.2, 0) is 6.42 Å². The molecule has 0 unspecified atom stereocenters. The van der Waals surface area contributed by atoms with E-state index in [2.05, 4.69) is 16.0 Å². The van der Waals surface area contributed by atoms with Crippen molar-refractivity contribution in [1.29, 1.82) is 5.26 Å². The van der Waals surface area contributed by atoms with E-state index in [4.69, 9.17) is 15.1 Å². The highest BCUT2D eigenvalue weighted by Crippen LogP contribution is 2.23. The third-order valence-electron chi connectivity index (χ3n) is 3.63. The Balaban J connectivity index is 1.53. The summed E-state index contributed by atoms with van der Waals surface area (Å²) in [6, 6.07) is 13.0. The summed E-state index contributed by atoms with van der Waals surface area (Å²) in [5, 5.41) is 20.3. The molecule has 3 aromatic rings. The Morgan fingerprint density at radius 1 is 1.27 bits per heavy atom. The highest BCUT2D eigenvalue weighted by Gasteiger charge is 2.08. The number of aromatic carboxylic acids is 1. The fraction of sp³-hybridized carbons (Fsp3) is 0.158. The van der Waals surface area contributed by atoms with Gasteiger partial charge in [-0.05, 0) is 42.8 Å². The molecule has 3 rings (SSSR count). The van der Waals surface area contributed by atoms with Crippen molar-refractivity contribution in [3.8, 4) is 23.1 Å².